The van der Waals surface area contributed by atoms with E-state index in [4.69, 9.17) is 16.7 Å². The topological polar surface area (TPSA) is 23.5 Å². The molecule has 1 aromatic carbocycles. The van der Waals surface area contributed by atoms with Crippen molar-refractivity contribution in [2.75, 3.05) is 13.1 Å². The molecular weight excluding hydrogens is 210 g/mol. The van der Waals surface area contributed by atoms with Crippen molar-refractivity contribution in [1.29, 1.82) is 0 Å². The fourth-order valence-electron chi connectivity index (χ4n) is 2.06. The van der Waals surface area contributed by atoms with Crippen LogP contribution in [0, 0.1) is 0 Å². The Labute approximate surface area is 95.5 Å². The third kappa shape index (κ3) is 2.51. The molecule has 2 nitrogen and oxygen atoms in total. The van der Waals surface area contributed by atoms with Gasteiger partial charge in [0.05, 0.1) is 11.6 Å². The van der Waals surface area contributed by atoms with Gasteiger partial charge in [0.2, 0.25) is 0 Å². The second kappa shape index (κ2) is 4.97. The number of benzene rings is 1. The Kier molecular flexibility index (Phi) is 3.62. The molecule has 0 aliphatic carbocycles. The standard InChI is InChI=1S/C12H16ClNO/c13-12-10(4-3-5-11(12)9-15)8-14-6-1-2-7-14/h3-5,15H,1-2,6-9H2. The van der Waals surface area contributed by atoms with Crippen LogP contribution in [-0.4, -0.2) is 23.1 Å². The van der Waals surface area contributed by atoms with E-state index >= 15 is 0 Å². The van der Waals surface area contributed by atoms with E-state index in [0.29, 0.717) is 0 Å². The van der Waals surface area contributed by atoms with Crippen LogP contribution in [0.25, 0.3) is 0 Å². The molecule has 2 rings (SSSR count). The molecule has 1 aliphatic heterocycles. The summed E-state index contributed by atoms with van der Waals surface area (Å²) in [7, 11) is 0. The van der Waals surface area contributed by atoms with Crippen molar-refractivity contribution in [2.24, 2.45) is 0 Å². The fraction of sp³-hybridized carbons (Fsp3) is 0.500. The molecule has 0 unspecified atom stereocenters. The largest absolute Gasteiger partial charge is 0.392 e. The van der Waals surface area contributed by atoms with Gasteiger partial charge in [0, 0.05) is 6.54 Å². The summed E-state index contributed by atoms with van der Waals surface area (Å²) in [5.74, 6) is 0. The van der Waals surface area contributed by atoms with Gasteiger partial charge in [-0.25, -0.2) is 0 Å². The lowest BCUT2D eigenvalue weighted by Gasteiger charge is -2.16. The van der Waals surface area contributed by atoms with Crippen LogP contribution in [0.5, 0.6) is 0 Å². The van der Waals surface area contributed by atoms with Crippen molar-refractivity contribution in [3.8, 4) is 0 Å². The molecule has 1 saturated heterocycles. The Bertz CT molecular complexity index is 334. The van der Waals surface area contributed by atoms with E-state index in [9.17, 15) is 0 Å². The van der Waals surface area contributed by atoms with Gasteiger partial charge < -0.3 is 5.11 Å². The molecular formula is C12H16ClNO. The van der Waals surface area contributed by atoms with Gasteiger partial charge in [-0.3, -0.25) is 4.90 Å². The first-order valence-corrected chi connectivity index (χ1v) is 5.78. The molecule has 0 atom stereocenters. The average Bonchev–Trinajstić information content (AvgIpc) is 2.74. The SMILES string of the molecule is OCc1cccc(CN2CCCC2)c1Cl. The Balaban J connectivity index is 2.13. The monoisotopic (exact) mass is 225 g/mol. The van der Waals surface area contributed by atoms with Gasteiger partial charge in [0.1, 0.15) is 0 Å². The Morgan fingerprint density at radius 3 is 2.53 bits per heavy atom. The van der Waals surface area contributed by atoms with Crippen LogP contribution in [0.2, 0.25) is 5.02 Å². The number of nitrogens with zero attached hydrogens (tertiary/aromatic N) is 1. The van der Waals surface area contributed by atoms with Gasteiger partial charge in [-0.1, -0.05) is 29.8 Å². The predicted molar refractivity (Wildman–Crippen MR) is 61.9 cm³/mol. The second-order valence-electron chi connectivity index (χ2n) is 4.03. The van der Waals surface area contributed by atoms with E-state index in [1.807, 2.05) is 18.2 Å². The van der Waals surface area contributed by atoms with Crippen LogP contribution in [-0.2, 0) is 13.2 Å². The first kappa shape index (κ1) is 10.9. The summed E-state index contributed by atoms with van der Waals surface area (Å²) in [5, 5.41) is 9.83. The number of rotatable bonds is 3. The molecule has 1 aliphatic rings. The summed E-state index contributed by atoms with van der Waals surface area (Å²) < 4.78 is 0. The lowest BCUT2D eigenvalue weighted by atomic mass is 10.1. The van der Waals surface area contributed by atoms with E-state index < -0.39 is 0 Å². The summed E-state index contributed by atoms with van der Waals surface area (Å²) in [6.07, 6.45) is 2.58. The molecule has 0 bridgehead atoms. The quantitative estimate of drug-likeness (QED) is 0.854. The number of hydrogen-bond donors (Lipinski definition) is 1. The molecule has 82 valence electrons. The first-order valence-electron chi connectivity index (χ1n) is 5.41. The van der Waals surface area contributed by atoms with Crippen molar-refractivity contribution in [3.05, 3.63) is 34.3 Å². The molecule has 0 aromatic heterocycles. The number of aliphatic hydroxyl groups excluding tert-OH is 1. The van der Waals surface area contributed by atoms with Crippen LogP contribution in [0.1, 0.15) is 24.0 Å². The van der Waals surface area contributed by atoms with Crippen LogP contribution in [0.3, 0.4) is 0 Å². The van der Waals surface area contributed by atoms with Gasteiger partial charge in [0.15, 0.2) is 0 Å². The molecule has 0 spiro atoms. The molecule has 1 N–H and O–H groups in total. The molecule has 0 saturated carbocycles. The van der Waals surface area contributed by atoms with Crippen molar-refractivity contribution in [3.63, 3.8) is 0 Å². The molecule has 1 fully saturated rings. The van der Waals surface area contributed by atoms with Gasteiger partial charge in [-0.05, 0) is 37.1 Å². The van der Waals surface area contributed by atoms with Gasteiger partial charge in [-0.15, -0.1) is 0 Å². The molecule has 3 heteroatoms. The van der Waals surface area contributed by atoms with Crippen LogP contribution < -0.4 is 0 Å². The maximum absolute atomic E-state index is 9.11. The number of halogens is 1. The minimum absolute atomic E-state index is 0.0205. The average molecular weight is 226 g/mol. The van der Waals surface area contributed by atoms with Crippen LogP contribution >= 0.6 is 11.6 Å². The van der Waals surface area contributed by atoms with E-state index in [2.05, 4.69) is 4.90 Å². The summed E-state index contributed by atoms with van der Waals surface area (Å²) in [6, 6.07) is 5.87. The fourth-order valence-corrected chi connectivity index (χ4v) is 2.30. The number of hydrogen-bond acceptors (Lipinski definition) is 2. The number of aliphatic hydroxyl groups is 1. The Hall–Kier alpha value is -0.570. The van der Waals surface area contributed by atoms with E-state index in [1.165, 1.54) is 25.9 Å². The van der Waals surface area contributed by atoms with Crippen LogP contribution in [0.15, 0.2) is 18.2 Å². The maximum Gasteiger partial charge on any atom is 0.0696 e. The molecule has 0 radical (unpaired) electrons. The van der Waals surface area contributed by atoms with E-state index in [1.54, 1.807) is 0 Å². The lowest BCUT2D eigenvalue weighted by Crippen LogP contribution is -2.18. The highest BCUT2D eigenvalue weighted by atomic mass is 35.5. The summed E-state index contributed by atoms with van der Waals surface area (Å²) >= 11 is 6.20. The zero-order chi connectivity index (χ0) is 10.7. The van der Waals surface area contributed by atoms with Gasteiger partial charge in [-0.2, -0.15) is 0 Å². The summed E-state index contributed by atoms with van der Waals surface area (Å²) in [4.78, 5) is 2.41. The zero-order valence-electron chi connectivity index (χ0n) is 8.75. The third-order valence-electron chi connectivity index (χ3n) is 2.92. The predicted octanol–water partition coefficient (Wildman–Crippen LogP) is 2.43. The number of likely N-dealkylation sites (tertiary alicyclic amines) is 1. The minimum atomic E-state index is 0.0205. The van der Waals surface area contributed by atoms with Crippen molar-refractivity contribution in [1.82, 2.24) is 4.90 Å². The summed E-state index contributed by atoms with van der Waals surface area (Å²) in [5.41, 5.74) is 1.96. The van der Waals surface area contributed by atoms with Crippen molar-refractivity contribution < 1.29 is 5.11 Å². The highest BCUT2D eigenvalue weighted by Crippen LogP contribution is 2.23. The third-order valence-corrected chi connectivity index (χ3v) is 3.41. The second-order valence-corrected chi connectivity index (χ2v) is 4.41. The highest BCUT2D eigenvalue weighted by Gasteiger charge is 2.14. The molecule has 0 amide bonds. The first-order chi connectivity index (χ1) is 7.31. The van der Waals surface area contributed by atoms with Gasteiger partial charge >= 0.3 is 0 Å². The maximum atomic E-state index is 9.11. The molecule has 1 heterocycles. The van der Waals surface area contributed by atoms with Crippen molar-refractivity contribution in [2.45, 2.75) is 26.0 Å². The van der Waals surface area contributed by atoms with E-state index in [0.717, 1.165) is 22.7 Å². The van der Waals surface area contributed by atoms with E-state index in [-0.39, 0.29) is 6.61 Å². The smallest absolute Gasteiger partial charge is 0.0696 e. The highest BCUT2D eigenvalue weighted by molar-refractivity contribution is 6.32. The molecule has 1 aromatic rings. The Morgan fingerprint density at radius 2 is 1.87 bits per heavy atom. The lowest BCUT2D eigenvalue weighted by molar-refractivity contribution is 0.281. The van der Waals surface area contributed by atoms with Gasteiger partial charge in [0.25, 0.3) is 0 Å². The zero-order valence-corrected chi connectivity index (χ0v) is 9.50. The normalized spacial score (nSPS) is 17.2. The van der Waals surface area contributed by atoms with Crippen molar-refractivity contribution >= 4 is 11.6 Å². The van der Waals surface area contributed by atoms with Crippen LogP contribution in [0.4, 0.5) is 0 Å². The minimum Gasteiger partial charge on any atom is -0.392 e. The summed E-state index contributed by atoms with van der Waals surface area (Å²) in [6.45, 7) is 3.26. The molecule has 15 heavy (non-hydrogen) atoms. The Morgan fingerprint density at radius 1 is 1.20 bits per heavy atom.